The first-order valence-corrected chi connectivity index (χ1v) is 6.99. The third-order valence-corrected chi connectivity index (χ3v) is 3.90. The van der Waals surface area contributed by atoms with Gasteiger partial charge in [0.05, 0.1) is 0 Å². The van der Waals surface area contributed by atoms with Crippen molar-refractivity contribution in [1.82, 2.24) is 0 Å². The molecule has 1 heteroatoms. The zero-order valence-electron chi connectivity index (χ0n) is 11.4. The van der Waals surface area contributed by atoms with Gasteiger partial charge in [0.2, 0.25) is 0 Å². The average Bonchev–Trinajstić information content (AvgIpc) is 2.54. The van der Waals surface area contributed by atoms with Crippen molar-refractivity contribution < 1.29 is 4.39 Å². The van der Waals surface area contributed by atoms with E-state index in [1.54, 1.807) is 6.07 Å². The van der Waals surface area contributed by atoms with Crippen LogP contribution in [0.2, 0.25) is 0 Å². The molecule has 0 N–H and O–H groups in total. The van der Waals surface area contributed by atoms with Crippen LogP contribution in [0.5, 0.6) is 0 Å². The highest BCUT2D eigenvalue weighted by Gasteiger charge is 2.07. The maximum absolute atomic E-state index is 14.4. The molecule has 4 rings (SSSR count). The molecule has 0 heterocycles. The third-order valence-electron chi connectivity index (χ3n) is 3.90. The van der Waals surface area contributed by atoms with E-state index in [0.717, 1.165) is 21.7 Å². The van der Waals surface area contributed by atoms with E-state index in [2.05, 4.69) is 12.1 Å². The lowest BCUT2D eigenvalue weighted by atomic mass is 9.98. The summed E-state index contributed by atoms with van der Waals surface area (Å²) in [5, 5.41) is 4.28. The van der Waals surface area contributed by atoms with Crippen LogP contribution >= 0.6 is 0 Å². The second-order valence-electron chi connectivity index (χ2n) is 5.24. The molecule has 0 amide bonds. The molecule has 0 unspecified atom stereocenters. The summed E-state index contributed by atoms with van der Waals surface area (Å²) < 4.78 is 14.4. The highest BCUT2D eigenvalue weighted by atomic mass is 19.1. The normalized spacial score (nSPS) is 11.1. The van der Waals surface area contributed by atoms with Gasteiger partial charge in [-0.05, 0) is 45.3 Å². The number of hydrogen-bond donors (Lipinski definition) is 0. The summed E-state index contributed by atoms with van der Waals surface area (Å²) in [5.41, 5.74) is 1.57. The molecule has 0 aliphatic heterocycles. The van der Waals surface area contributed by atoms with Crippen LogP contribution in [0.4, 0.5) is 4.39 Å². The minimum absolute atomic E-state index is 0.177. The van der Waals surface area contributed by atoms with Crippen LogP contribution in [-0.4, -0.2) is 0 Å². The summed E-state index contributed by atoms with van der Waals surface area (Å²) >= 11 is 0. The number of benzene rings is 4. The molecule has 0 nitrogen and oxygen atoms in total. The topological polar surface area (TPSA) is 0 Å². The molecule has 0 radical (unpaired) electrons. The minimum Gasteiger partial charge on any atom is -0.206 e. The van der Waals surface area contributed by atoms with E-state index in [0.29, 0.717) is 5.56 Å². The highest BCUT2D eigenvalue weighted by molar-refractivity contribution is 5.91. The van der Waals surface area contributed by atoms with Gasteiger partial charge in [-0.25, -0.2) is 4.39 Å². The number of rotatable bonds is 1. The van der Waals surface area contributed by atoms with Crippen LogP contribution < -0.4 is 0 Å². The van der Waals surface area contributed by atoms with E-state index in [4.69, 9.17) is 0 Å². The Hall–Kier alpha value is -2.67. The summed E-state index contributed by atoms with van der Waals surface area (Å²) in [5.74, 6) is -0.177. The molecule has 0 fully saturated rings. The molecule has 4 aromatic carbocycles. The molecular formula is C20H13F. The fraction of sp³-hybridized carbons (Fsp3) is 0. The molecule has 0 saturated carbocycles. The van der Waals surface area contributed by atoms with Crippen LogP contribution in [0, 0.1) is 5.82 Å². The molecule has 4 aromatic rings. The predicted octanol–water partition coefficient (Wildman–Crippen LogP) is 5.80. The Labute approximate surface area is 122 Å². The Morgan fingerprint density at radius 2 is 1.10 bits per heavy atom. The molecule has 0 aliphatic carbocycles. The van der Waals surface area contributed by atoms with E-state index < -0.39 is 0 Å². The Morgan fingerprint density at radius 1 is 0.524 bits per heavy atom. The van der Waals surface area contributed by atoms with E-state index in [9.17, 15) is 4.39 Å². The highest BCUT2D eigenvalue weighted by Crippen LogP contribution is 2.30. The third kappa shape index (κ3) is 2.07. The second-order valence-corrected chi connectivity index (χ2v) is 5.24. The van der Waals surface area contributed by atoms with Crippen LogP contribution in [0.1, 0.15) is 0 Å². The Kier molecular flexibility index (Phi) is 2.71. The first-order chi connectivity index (χ1) is 10.3. The zero-order chi connectivity index (χ0) is 14.2. The number of hydrogen-bond acceptors (Lipinski definition) is 0. The lowest BCUT2D eigenvalue weighted by Crippen LogP contribution is -1.86. The molecule has 0 atom stereocenters. The van der Waals surface area contributed by atoms with Crippen molar-refractivity contribution in [2.24, 2.45) is 0 Å². The van der Waals surface area contributed by atoms with Gasteiger partial charge in [-0.3, -0.25) is 0 Å². The first kappa shape index (κ1) is 12.1. The monoisotopic (exact) mass is 272 g/mol. The van der Waals surface area contributed by atoms with Gasteiger partial charge in [-0.2, -0.15) is 0 Å². The Balaban J connectivity index is 1.96. The summed E-state index contributed by atoms with van der Waals surface area (Å²) in [6.07, 6.45) is 0. The van der Waals surface area contributed by atoms with Gasteiger partial charge in [0.1, 0.15) is 5.82 Å². The van der Waals surface area contributed by atoms with E-state index in [1.165, 1.54) is 5.39 Å². The summed E-state index contributed by atoms with van der Waals surface area (Å²) in [4.78, 5) is 0. The van der Waals surface area contributed by atoms with E-state index in [1.807, 2.05) is 60.7 Å². The Morgan fingerprint density at radius 3 is 1.81 bits per heavy atom. The van der Waals surface area contributed by atoms with Gasteiger partial charge in [-0.15, -0.1) is 0 Å². The second kappa shape index (κ2) is 4.71. The largest absolute Gasteiger partial charge is 0.206 e. The lowest BCUT2D eigenvalue weighted by molar-refractivity contribution is 0.633. The van der Waals surface area contributed by atoms with Gasteiger partial charge in [0.25, 0.3) is 0 Å². The van der Waals surface area contributed by atoms with Gasteiger partial charge in [0.15, 0.2) is 0 Å². The van der Waals surface area contributed by atoms with Crippen LogP contribution in [0.3, 0.4) is 0 Å². The maximum atomic E-state index is 14.4. The van der Waals surface area contributed by atoms with Crippen LogP contribution in [0.15, 0.2) is 78.9 Å². The van der Waals surface area contributed by atoms with Gasteiger partial charge >= 0.3 is 0 Å². The fourth-order valence-electron chi connectivity index (χ4n) is 2.79. The SMILES string of the molecule is Fc1cc2ccccc2cc1-c1ccc2ccccc2c1. The molecule has 0 saturated heterocycles. The van der Waals surface area contributed by atoms with Crippen molar-refractivity contribution in [2.75, 3.05) is 0 Å². The van der Waals surface area contributed by atoms with Gasteiger partial charge in [-0.1, -0.05) is 60.7 Å². The molecule has 0 aromatic heterocycles. The summed E-state index contributed by atoms with van der Waals surface area (Å²) in [7, 11) is 0. The quantitative estimate of drug-likeness (QED) is 0.411. The van der Waals surface area contributed by atoms with Crippen molar-refractivity contribution in [3.63, 3.8) is 0 Å². The lowest BCUT2D eigenvalue weighted by Gasteiger charge is -2.07. The summed E-state index contributed by atoms with van der Waals surface area (Å²) in [6.45, 7) is 0. The zero-order valence-corrected chi connectivity index (χ0v) is 11.4. The predicted molar refractivity (Wildman–Crippen MR) is 86.8 cm³/mol. The van der Waals surface area contributed by atoms with Crippen molar-refractivity contribution in [3.05, 3.63) is 84.7 Å². The number of halogens is 1. The fourth-order valence-corrected chi connectivity index (χ4v) is 2.79. The first-order valence-electron chi connectivity index (χ1n) is 6.99. The molecular weight excluding hydrogens is 259 g/mol. The summed E-state index contributed by atoms with van der Waals surface area (Å²) in [6, 6.07) is 25.6. The minimum atomic E-state index is -0.177. The molecule has 21 heavy (non-hydrogen) atoms. The van der Waals surface area contributed by atoms with Crippen molar-refractivity contribution in [3.8, 4) is 11.1 Å². The molecule has 0 aliphatic rings. The van der Waals surface area contributed by atoms with Crippen molar-refractivity contribution in [2.45, 2.75) is 0 Å². The van der Waals surface area contributed by atoms with Gasteiger partial charge < -0.3 is 0 Å². The molecule has 0 spiro atoms. The standard InChI is InChI=1S/C20H13F/c21-20-13-17-8-4-3-7-16(17)12-19(20)18-10-9-14-5-1-2-6-15(14)11-18/h1-13H. The van der Waals surface area contributed by atoms with Crippen LogP contribution in [-0.2, 0) is 0 Å². The van der Waals surface area contributed by atoms with Crippen molar-refractivity contribution in [1.29, 1.82) is 0 Å². The van der Waals surface area contributed by atoms with Crippen molar-refractivity contribution >= 4 is 21.5 Å². The van der Waals surface area contributed by atoms with Gasteiger partial charge in [0, 0.05) is 5.56 Å². The maximum Gasteiger partial charge on any atom is 0.131 e. The van der Waals surface area contributed by atoms with Crippen LogP contribution in [0.25, 0.3) is 32.7 Å². The molecule has 0 bridgehead atoms. The average molecular weight is 272 g/mol. The smallest absolute Gasteiger partial charge is 0.131 e. The van der Waals surface area contributed by atoms with E-state index in [-0.39, 0.29) is 5.82 Å². The molecule has 100 valence electrons. The number of fused-ring (bicyclic) bond motifs is 2. The van der Waals surface area contributed by atoms with E-state index >= 15 is 0 Å². The Bertz CT molecular complexity index is 954.